The van der Waals surface area contributed by atoms with Gasteiger partial charge in [-0.1, -0.05) is 0 Å². The van der Waals surface area contributed by atoms with Crippen molar-refractivity contribution in [2.45, 2.75) is 0 Å². The number of hydrogen-bond acceptors (Lipinski definition) is 5. The number of non-ortho nitro benzene ring substituents is 1. The van der Waals surface area contributed by atoms with Gasteiger partial charge in [0.25, 0.3) is 5.69 Å². The standard InChI is InChI=1S/C14H13N3O5/c1-21-16-14(18)15-10-2-6-12(7-3-10)22-13-8-4-11(5-9-13)17(19)20/h2-9H,1H3,(H2,15,16,18). The molecule has 8 nitrogen and oxygen atoms in total. The number of nitro groups is 1. The van der Waals surface area contributed by atoms with Gasteiger partial charge in [0.15, 0.2) is 0 Å². The van der Waals surface area contributed by atoms with E-state index >= 15 is 0 Å². The van der Waals surface area contributed by atoms with Gasteiger partial charge in [-0.3, -0.25) is 15.0 Å². The molecule has 2 rings (SSSR count). The number of rotatable bonds is 5. The molecule has 0 saturated carbocycles. The summed E-state index contributed by atoms with van der Waals surface area (Å²) in [5.74, 6) is 1.01. The van der Waals surface area contributed by atoms with Crippen LogP contribution < -0.4 is 15.5 Å². The second-order valence-corrected chi connectivity index (χ2v) is 4.14. The third-order valence-corrected chi connectivity index (χ3v) is 2.59. The van der Waals surface area contributed by atoms with E-state index in [0.717, 1.165) is 0 Å². The molecule has 0 heterocycles. The summed E-state index contributed by atoms with van der Waals surface area (Å²) in [5, 5.41) is 13.1. The van der Waals surface area contributed by atoms with Gasteiger partial charge in [-0.25, -0.2) is 10.3 Å². The number of amides is 2. The van der Waals surface area contributed by atoms with Crippen LogP contribution in [-0.2, 0) is 4.84 Å². The lowest BCUT2D eigenvalue weighted by Crippen LogP contribution is -2.27. The number of hydroxylamine groups is 1. The average Bonchev–Trinajstić information content (AvgIpc) is 2.50. The van der Waals surface area contributed by atoms with E-state index in [1.807, 2.05) is 0 Å². The molecule has 0 unspecified atom stereocenters. The fourth-order valence-corrected chi connectivity index (χ4v) is 1.63. The topological polar surface area (TPSA) is 103 Å². The lowest BCUT2D eigenvalue weighted by Gasteiger charge is -2.08. The predicted molar refractivity (Wildman–Crippen MR) is 78.8 cm³/mol. The number of hydrogen-bond donors (Lipinski definition) is 2. The van der Waals surface area contributed by atoms with Gasteiger partial charge in [-0.15, -0.1) is 0 Å². The molecule has 2 aromatic rings. The predicted octanol–water partition coefficient (Wildman–Crippen LogP) is 3.07. The zero-order chi connectivity index (χ0) is 15.9. The molecule has 0 saturated heterocycles. The summed E-state index contributed by atoms with van der Waals surface area (Å²) in [5.41, 5.74) is 2.68. The molecule has 0 aliphatic rings. The highest BCUT2D eigenvalue weighted by molar-refractivity contribution is 5.88. The first-order valence-electron chi connectivity index (χ1n) is 6.21. The molecule has 0 aromatic heterocycles. The summed E-state index contributed by atoms with van der Waals surface area (Å²) >= 11 is 0. The summed E-state index contributed by atoms with van der Waals surface area (Å²) in [6.45, 7) is 0. The number of carbonyl (C=O) groups excluding carboxylic acids is 1. The molecule has 114 valence electrons. The first kappa shape index (κ1) is 15.3. The van der Waals surface area contributed by atoms with Gasteiger partial charge in [-0.2, -0.15) is 0 Å². The summed E-state index contributed by atoms with van der Waals surface area (Å²) in [4.78, 5) is 25.8. The lowest BCUT2D eigenvalue weighted by molar-refractivity contribution is -0.384. The van der Waals surface area contributed by atoms with Crippen molar-refractivity contribution in [3.05, 3.63) is 58.6 Å². The zero-order valence-electron chi connectivity index (χ0n) is 11.6. The highest BCUT2D eigenvalue weighted by Gasteiger charge is 2.05. The molecule has 2 N–H and O–H groups in total. The van der Waals surface area contributed by atoms with Crippen LogP contribution >= 0.6 is 0 Å². The van der Waals surface area contributed by atoms with Gasteiger partial charge in [0.05, 0.1) is 12.0 Å². The molecule has 0 radical (unpaired) electrons. The first-order valence-corrected chi connectivity index (χ1v) is 6.21. The molecule has 0 aliphatic heterocycles. The van der Waals surface area contributed by atoms with Crippen molar-refractivity contribution in [2.24, 2.45) is 0 Å². The molecular weight excluding hydrogens is 290 g/mol. The Morgan fingerprint density at radius 2 is 1.59 bits per heavy atom. The minimum absolute atomic E-state index is 0.00365. The molecule has 2 aromatic carbocycles. The monoisotopic (exact) mass is 303 g/mol. The van der Waals surface area contributed by atoms with Crippen molar-refractivity contribution in [3.63, 3.8) is 0 Å². The number of carbonyl (C=O) groups is 1. The van der Waals surface area contributed by atoms with E-state index in [0.29, 0.717) is 17.2 Å². The van der Waals surface area contributed by atoms with Crippen LogP contribution in [0.5, 0.6) is 11.5 Å². The van der Waals surface area contributed by atoms with Crippen molar-refractivity contribution in [2.75, 3.05) is 12.4 Å². The van der Waals surface area contributed by atoms with Gasteiger partial charge in [0.1, 0.15) is 11.5 Å². The molecule has 8 heteroatoms. The Morgan fingerprint density at radius 1 is 1.05 bits per heavy atom. The Morgan fingerprint density at radius 3 is 2.09 bits per heavy atom. The maximum Gasteiger partial charge on any atom is 0.343 e. The molecular formula is C14H13N3O5. The third kappa shape index (κ3) is 4.18. The number of ether oxygens (including phenoxy) is 1. The van der Waals surface area contributed by atoms with Gasteiger partial charge < -0.3 is 10.1 Å². The van der Waals surface area contributed by atoms with Crippen LogP contribution in [0, 0.1) is 10.1 Å². The number of nitrogens with zero attached hydrogens (tertiary/aromatic N) is 1. The van der Waals surface area contributed by atoms with Gasteiger partial charge >= 0.3 is 6.03 Å². The Balaban J connectivity index is 1.98. The zero-order valence-corrected chi connectivity index (χ0v) is 11.6. The first-order chi connectivity index (χ1) is 10.6. The van der Waals surface area contributed by atoms with Crippen molar-refractivity contribution in [1.29, 1.82) is 0 Å². The van der Waals surface area contributed by atoms with Crippen LogP contribution in [0.1, 0.15) is 0 Å². The smallest absolute Gasteiger partial charge is 0.343 e. The van der Waals surface area contributed by atoms with Crippen molar-refractivity contribution >= 4 is 17.4 Å². The van der Waals surface area contributed by atoms with E-state index in [2.05, 4.69) is 15.6 Å². The normalized spacial score (nSPS) is 9.86. The van der Waals surface area contributed by atoms with Crippen LogP contribution in [-0.4, -0.2) is 18.1 Å². The molecule has 0 aliphatic carbocycles. The maximum atomic E-state index is 11.2. The molecule has 22 heavy (non-hydrogen) atoms. The Labute approximate surface area is 125 Å². The largest absolute Gasteiger partial charge is 0.457 e. The van der Waals surface area contributed by atoms with E-state index in [1.165, 1.54) is 31.4 Å². The summed E-state index contributed by atoms with van der Waals surface area (Å²) < 4.78 is 5.54. The molecule has 0 atom stereocenters. The fourth-order valence-electron chi connectivity index (χ4n) is 1.63. The maximum absolute atomic E-state index is 11.2. The van der Waals surface area contributed by atoms with Crippen LogP contribution in [0.4, 0.5) is 16.2 Å². The van der Waals surface area contributed by atoms with Gasteiger partial charge in [-0.05, 0) is 36.4 Å². The summed E-state index contributed by atoms with van der Waals surface area (Å²) in [6.07, 6.45) is 0. The average molecular weight is 303 g/mol. The van der Waals surface area contributed by atoms with Gasteiger partial charge in [0.2, 0.25) is 0 Å². The number of anilines is 1. The van der Waals surface area contributed by atoms with Gasteiger partial charge in [0, 0.05) is 17.8 Å². The number of urea groups is 1. The van der Waals surface area contributed by atoms with E-state index < -0.39 is 11.0 Å². The Hall–Kier alpha value is -3.13. The van der Waals surface area contributed by atoms with Crippen molar-refractivity contribution in [3.8, 4) is 11.5 Å². The number of benzene rings is 2. The van der Waals surface area contributed by atoms with E-state index in [4.69, 9.17) is 4.74 Å². The van der Waals surface area contributed by atoms with E-state index in [9.17, 15) is 14.9 Å². The van der Waals surface area contributed by atoms with Crippen LogP contribution in [0.15, 0.2) is 48.5 Å². The Kier molecular flexibility index (Phi) is 4.89. The highest BCUT2D eigenvalue weighted by Crippen LogP contribution is 2.24. The SMILES string of the molecule is CONC(=O)Nc1ccc(Oc2ccc([N+](=O)[O-])cc2)cc1. The minimum Gasteiger partial charge on any atom is -0.457 e. The van der Waals surface area contributed by atoms with Crippen LogP contribution in [0.2, 0.25) is 0 Å². The van der Waals surface area contributed by atoms with Crippen LogP contribution in [0.3, 0.4) is 0 Å². The van der Waals surface area contributed by atoms with Crippen molar-refractivity contribution < 1.29 is 19.3 Å². The molecule has 0 bridgehead atoms. The fraction of sp³-hybridized carbons (Fsp3) is 0.0714. The quantitative estimate of drug-likeness (QED) is 0.652. The van der Waals surface area contributed by atoms with Crippen molar-refractivity contribution in [1.82, 2.24) is 5.48 Å². The summed E-state index contributed by atoms with van der Waals surface area (Å²) in [7, 11) is 1.33. The third-order valence-electron chi connectivity index (χ3n) is 2.59. The van der Waals surface area contributed by atoms with E-state index in [1.54, 1.807) is 24.3 Å². The minimum atomic E-state index is -0.494. The summed E-state index contributed by atoms with van der Waals surface area (Å²) in [6, 6.07) is 11.9. The lowest BCUT2D eigenvalue weighted by atomic mass is 10.3. The second-order valence-electron chi connectivity index (χ2n) is 4.14. The number of nitro benzene ring substituents is 1. The number of nitrogens with one attached hydrogen (secondary N) is 2. The van der Waals surface area contributed by atoms with E-state index in [-0.39, 0.29) is 5.69 Å². The van der Waals surface area contributed by atoms with Crippen LogP contribution in [0.25, 0.3) is 0 Å². The molecule has 2 amide bonds. The highest BCUT2D eigenvalue weighted by atomic mass is 16.6. The molecule has 0 spiro atoms. The second kappa shape index (κ2) is 7.04. The molecule has 0 fully saturated rings. The Bertz CT molecular complexity index is 655.